The van der Waals surface area contributed by atoms with Gasteiger partial charge in [0, 0.05) is 12.6 Å². The fourth-order valence-electron chi connectivity index (χ4n) is 2.44. The predicted molar refractivity (Wildman–Crippen MR) is 83.3 cm³/mol. The first-order valence-electron chi connectivity index (χ1n) is 7.51. The van der Waals surface area contributed by atoms with E-state index in [2.05, 4.69) is 29.6 Å². The molecule has 0 aromatic heterocycles. The van der Waals surface area contributed by atoms with Gasteiger partial charge in [0.15, 0.2) is 0 Å². The molecule has 110 valence electrons. The second-order valence-corrected chi connectivity index (χ2v) is 5.44. The minimum absolute atomic E-state index is 0.280. The highest BCUT2D eigenvalue weighted by Gasteiger charge is 2.22. The maximum atomic E-state index is 13.3. The molecule has 2 aromatic carbocycles. The van der Waals surface area contributed by atoms with Crippen molar-refractivity contribution in [2.24, 2.45) is 0 Å². The minimum Gasteiger partial charge on any atom is -0.492 e. The number of hydrogen-bond acceptors (Lipinski definition) is 2. The second-order valence-electron chi connectivity index (χ2n) is 5.44. The van der Waals surface area contributed by atoms with E-state index in [1.807, 2.05) is 6.92 Å². The van der Waals surface area contributed by atoms with Crippen molar-refractivity contribution in [2.45, 2.75) is 32.2 Å². The fraction of sp³-hybridized carbons (Fsp3) is 0.333. The highest BCUT2D eigenvalue weighted by molar-refractivity contribution is 5.56. The number of rotatable bonds is 6. The van der Waals surface area contributed by atoms with E-state index < -0.39 is 0 Å². The zero-order valence-electron chi connectivity index (χ0n) is 12.2. The lowest BCUT2D eigenvalue weighted by Gasteiger charge is -2.12. The van der Waals surface area contributed by atoms with E-state index in [1.54, 1.807) is 6.07 Å². The molecule has 21 heavy (non-hydrogen) atoms. The number of nitrogens with one attached hydrogen (secondary N) is 1. The van der Waals surface area contributed by atoms with E-state index in [9.17, 15) is 4.39 Å². The molecule has 1 aliphatic rings. The molecule has 0 aliphatic heterocycles. The van der Waals surface area contributed by atoms with E-state index in [0.29, 0.717) is 18.9 Å². The summed E-state index contributed by atoms with van der Waals surface area (Å²) < 4.78 is 18.7. The van der Waals surface area contributed by atoms with Crippen LogP contribution in [0.4, 0.5) is 10.1 Å². The molecule has 0 radical (unpaired) electrons. The third kappa shape index (κ3) is 3.54. The summed E-state index contributed by atoms with van der Waals surface area (Å²) in [7, 11) is 0. The average molecular weight is 285 g/mol. The SMILES string of the molecule is CCOc1cc(F)ccc1NCc1ccc(C2CC2)cc1. The maximum Gasteiger partial charge on any atom is 0.145 e. The summed E-state index contributed by atoms with van der Waals surface area (Å²) in [6, 6.07) is 13.3. The summed E-state index contributed by atoms with van der Waals surface area (Å²) in [5.41, 5.74) is 3.48. The largest absolute Gasteiger partial charge is 0.492 e. The predicted octanol–water partition coefficient (Wildman–Crippen LogP) is 4.71. The fourth-order valence-corrected chi connectivity index (χ4v) is 2.44. The first-order valence-corrected chi connectivity index (χ1v) is 7.51. The average Bonchev–Trinajstić information content (AvgIpc) is 3.32. The molecule has 0 amide bonds. The van der Waals surface area contributed by atoms with Gasteiger partial charge in [0.1, 0.15) is 11.6 Å². The van der Waals surface area contributed by atoms with Crippen LogP contribution in [0.1, 0.15) is 36.8 Å². The highest BCUT2D eigenvalue weighted by atomic mass is 19.1. The number of ether oxygens (including phenoxy) is 1. The standard InChI is InChI=1S/C18H20FNO/c1-2-21-18-11-16(19)9-10-17(18)20-12-13-3-5-14(6-4-13)15-7-8-15/h3-6,9-11,15,20H,2,7-8,12H2,1H3. The van der Waals surface area contributed by atoms with Crippen LogP contribution >= 0.6 is 0 Å². The third-order valence-electron chi connectivity index (χ3n) is 3.75. The summed E-state index contributed by atoms with van der Waals surface area (Å²) in [5.74, 6) is 1.07. The molecule has 0 unspecified atom stereocenters. The molecule has 1 fully saturated rings. The molecule has 3 rings (SSSR count). The molecule has 1 N–H and O–H groups in total. The Balaban J connectivity index is 1.66. The zero-order valence-corrected chi connectivity index (χ0v) is 12.2. The number of benzene rings is 2. The molecule has 1 aliphatic carbocycles. The van der Waals surface area contributed by atoms with Crippen LogP contribution in [0.3, 0.4) is 0 Å². The number of anilines is 1. The minimum atomic E-state index is -0.280. The normalized spacial score (nSPS) is 14.0. The van der Waals surface area contributed by atoms with Gasteiger partial charge in [-0.3, -0.25) is 0 Å². The van der Waals surface area contributed by atoms with Gasteiger partial charge in [-0.2, -0.15) is 0 Å². The third-order valence-corrected chi connectivity index (χ3v) is 3.75. The van der Waals surface area contributed by atoms with Crippen molar-refractivity contribution in [1.29, 1.82) is 0 Å². The van der Waals surface area contributed by atoms with Gasteiger partial charge in [0.05, 0.1) is 12.3 Å². The monoisotopic (exact) mass is 285 g/mol. The summed E-state index contributed by atoms with van der Waals surface area (Å²) >= 11 is 0. The van der Waals surface area contributed by atoms with Gasteiger partial charge in [-0.15, -0.1) is 0 Å². The molecular weight excluding hydrogens is 265 g/mol. The van der Waals surface area contributed by atoms with Gasteiger partial charge in [0.2, 0.25) is 0 Å². The van der Waals surface area contributed by atoms with Gasteiger partial charge in [-0.05, 0) is 48.9 Å². The van der Waals surface area contributed by atoms with Crippen molar-refractivity contribution in [2.75, 3.05) is 11.9 Å². The molecule has 0 spiro atoms. The van der Waals surface area contributed by atoms with Gasteiger partial charge < -0.3 is 10.1 Å². The number of halogens is 1. The van der Waals surface area contributed by atoms with E-state index >= 15 is 0 Å². The molecule has 3 heteroatoms. The van der Waals surface area contributed by atoms with E-state index in [-0.39, 0.29) is 5.82 Å². The van der Waals surface area contributed by atoms with Crippen LogP contribution in [-0.2, 0) is 6.54 Å². The smallest absolute Gasteiger partial charge is 0.145 e. The second kappa shape index (κ2) is 6.17. The Morgan fingerprint density at radius 3 is 2.57 bits per heavy atom. The summed E-state index contributed by atoms with van der Waals surface area (Å²) in [6.45, 7) is 3.12. The molecule has 2 nitrogen and oxygen atoms in total. The molecule has 1 saturated carbocycles. The molecule has 0 bridgehead atoms. The van der Waals surface area contributed by atoms with Crippen molar-refractivity contribution < 1.29 is 9.13 Å². The number of hydrogen-bond donors (Lipinski definition) is 1. The highest BCUT2D eigenvalue weighted by Crippen LogP contribution is 2.39. The molecule has 0 atom stereocenters. The topological polar surface area (TPSA) is 21.3 Å². The van der Waals surface area contributed by atoms with Crippen LogP contribution in [0.15, 0.2) is 42.5 Å². The quantitative estimate of drug-likeness (QED) is 0.829. The Labute approximate surface area is 125 Å². The van der Waals surface area contributed by atoms with Crippen molar-refractivity contribution in [3.8, 4) is 5.75 Å². The molecule has 0 saturated heterocycles. The van der Waals surface area contributed by atoms with E-state index in [4.69, 9.17) is 4.74 Å². The van der Waals surface area contributed by atoms with Crippen LogP contribution in [-0.4, -0.2) is 6.61 Å². The van der Waals surface area contributed by atoms with Crippen LogP contribution in [0.25, 0.3) is 0 Å². The lowest BCUT2D eigenvalue weighted by atomic mass is 10.1. The Morgan fingerprint density at radius 1 is 1.14 bits per heavy atom. The van der Waals surface area contributed by atoms with Crippen molar-refractivity contribution in [3.63, 3.8) is 0 Å². The van der Waals surface area contributed by atoms with Gasteiger partial charge >= 0.3 is 0 Å². The first-order chi connectivity index (χ1) is 10.3. The van der Waals surface area contributed by atoms with Crippen LogP contribution in [0.5, 0.6) is 5.75 Å². The summed E-state index contributed by atoms with van der Waals surface area (Å²) in [5, 5.41) is 3.31. The van der Waals surface area contributed by atoms with Crippen LogP contribution in [0.2, 0.25) is 0 Å². The lowest BCUT2D eigenvalue weighted by Crippen LogP contribution is -2.03. The molecular formula is C18H20FNO. The van der Waals surface area contributed by atoms with E-state index in [1.165, 1.54) is 36.1 Å². The summed E-state index contributed by atoms with van der Waals surface area (Å²) in [6.07, 6.45) is 2.65. The van der Waals surface area contributed by atoms with Crippen molar-refractivity contribution >= 4 is 5.69 Å². The Kier molecular flexibility index (Phi) is 4.09. The Morgan fingerprint density at radius 2 is 1.90 bits per heavy atom. The summed E-state index contributed by atoms with van der Waals surface area (Å²) in [4.78, 5) is 0. The van der Waals surface area contributed by atoms with Crippen LogP contribution < -0.4 is 10.1 Å². The molecule has 2 aromatic rings. The Hall–Kier alpha value is -2.03. The van der Waals surface area contributed by atoms with E-state index in [0.717, 1.165) is 11.6 Å². The van der Waals surface area contributed by atoms with Crippen molar-refractivity contribution in [1.82, 2.24) is 0 Å². The lowest BCUT2D eigenvalue weighted by molar-refractivity contribution is 0.340. The Bertz CT molecular complexity index is 605. The maximum absolute atomic E-state index is 13.3. The molecule has 0 heterocycles. The van der Waals surface area contributed by atoms with Gasteiger partial charge in [-0.1, -0.05) is 24.3 Å². The van der Waals surface area contributed by atoms with Gasteiger partial charge in [-0.25, -0.2) is 4.39 Å². The van der Waals surface area contributed by atoms with Crippen molar-refractivity contribution in [3.05, 3.63) is 59.4 Å². The van der Waals surface area contributed by atoms with Crippen LogP contribution in [0, 0.1) is 5.82 Å². The van der Waals surface area contributed by atoms with Gasteiger partial charge in [0.25, 0.3) is 0 Å². The zero-order chi connectivity index (χ0) is 14.7. The first kappa shape index (κ1) is 13.9.